The van der Waals surface area contributed by atoms with Crippen molar-refractivity contribution in [3.8, 4) is 0 Å². The molecule has 0 aliphatic carbocycles. The molecule has 0 heterocycles. The predicted molar refractivity (Wildman–Crippen MR) is 50.8 cm³/mol. The second kappa shape index (κ2) is 3.48. The molecular weight excluding hydrogens is 171 g/mol. The summed E-state index contributed by atoms with van der Waals surface area (Å²) in [5.41, 5.74) is 0. The highest BCUT2D eigenvalue weighted by atomic mass is 32.2. The molecule has 0 saturated heterocycles. The standard InChI is InChI=1S/C10H12FS/c1-10(2,3)12-9-6-4-8(11)5-7-9/h4-6H,1-3H3. The maximum Gasteiger partial charge on any atom is 0.123 e. The Morgan fingerprint density at radius 1 is 1.33 bits per heavy atom. The third kappa shape index (κ3) is 3.26. The van der Waals surface area contributed by atoms with Crippen LogP contribution in [0.15, 0.2) is 23.1 Å². The Kier molecular flexibility index (Phi) is 2.78. The van der Waals surface area contributed by atoms with Crippen LogP contribution in [-0.2, 0) is 0 Å². The summed E-state index contributed by atoms with van der Waals surface area (Å²) >= 11 is 1.69. The summed E-state index contributed by atoms with van der Waals surface area (Å²) in [5, 5.41) is 0. The maximum atomic E-state index is 12.5. The van der Waals surface area contributed by atoms with Crippen LogP contribution in [0.1, 0.15) is 20.8 Å². The van der Waals surface area contributed by atoms with E-state index >= 15 is 0 Å². The minimum Gasteiger partial charge on any atom is -0.207 e. The lowest BCUT2D eigenvalue weighted by Gasteiger charge is -2.16. The number of hydrogen-bond donors (Lipinski definition) is 0. The Morgan fingerprint density at radius 3 is 2.42 bits per heavy atom. The van der Waals surface area contributed by atoms with Crippen molar-refractivity contribution in [1.82, 2.24) is 0 Å². The van der Waals surface area contributed by atoms with Gasteiger partial charge in [-0.15, -0.1) is 11.8 Å². The third-order valence-corrected chi connectivity index (χ3v) is 2.25. The van der Waals surface area contributed by atoms with Crippen molar-refractivity contribution in [2.75, 3.05) is 0 Å². The minimum atomic E-state index is -0.228. The van der Waals surface area contributed by atoms with Crippen LogP contribution >= 0.6 is 11.8 Å². The number of rotatable bonds is 1. The van der Waals surface area contributed by atoms with Crippen LogP contribution in [-0.4, -0.2) is 4.75 Å². The van der Waals surface area contributed by atoms with E-state index in [1.807, 2.05) is 0 Å². The van der Waals surface area contributed by atoms with Crippen LogP contribution in [0.2, 0.25) is 0 Å². The molecule has 0 spiro atoms. The van der Waals surface area contributed by atoms with Gasteiger partial charge in [0, 0.05) is 9.64 Å². The molecule has 0 bridgehead atoms. The number of benzene rings is 1. The summed E-state index contributed by atoms with van der Waals surface area (Å²) in [6.45, 7) is 6.36. The third-order valence-electron chi connectivity index (χ3n) is 1.16. The molecule has 0 amide bonds. The topological polar surface area (TPSA) is 0 Å². The zero-order valence-corrected chi connectivity index (χ0v) is 8.33. The average molecular weight is 183 g/mol. The quantitative estimate of drug-likeness (QED) is 0.600. The lowest BCUT2D eigenvalue weighted by Crippen LogP contribution is -2.06. The van der Waals surface area contributed by atoms with Gasteiger partial charge < -0.3 is 0 Å². The molecule has 1 radical (unpaired) electrons. The molecule has 0 aliphatic heterocycles. The van der Waals surface area contributed by atoms with E-state index in [0.717, 1.165) is 4.90 Å². The average Bonchev–Trinajstić information content (AvgIpc) is 1.91. The van der Waals surface area contributed by atoms with Crippen molar-refractivity contribution in [1.29, 1.82) is 0 Å². The molecular formula is C10H12FS. The van der Waals surface area contributed by atoms with Gasteiger partial charge in [-0.2, -0.15) is 0 Å². The van der Waals surface area contributed by atoms with E-state index < -0.39 is 0 Å². The van der Waals surface area contributed by atoms with Gasteiger partial charge in [0.25, 0.3) is 0 Å². The molecule has 0 aromatic heterocycles. The van der Waals surface area contributed by atoms with Crippen LogP contribution in [0.25, 0.3) is 0 Å². The van der Waals surface area contributed by atoms with E-state index in [9.17, 15) is 4.39 Å². The molecule has 0 saturated carbocycles. The molecule has 0 unspecified atom stereocenters. The predicted octanol–water partition coefficient (Wildman–Crippen LogP) is 3.52. The number of thioether (sulfide) groups is 1. The van der Waals surface area contributed by atoms with Gasteiger partial charge in [-0.25, -0.2) is 4.39 Å². The minimum absolute atomic E-state index is 0.161. The SMILES string of the molecule is CC(C)(C)Sc1[c]cc(F)cc1. The van der Waals surface area contributed by atoms with Gasteiger partial charge in [0.15, 0.2) is 0 Å². The molecule has 1 rings (SSSR count). The molecule has 12 heavy (non-hydrogen) atoms. The number of halogens is 1. The fourth-order valence-corrected chi connectivity index (χ4v) is 1.70. The normalized spacial score (nSPS) is 11.7. The summed E-state index contributed by atoms with van der Waals surface area (Å²) in [4.78, 5) is 0.990. The van der Waals surface area contributed by atoms with Gasteiger partial charge in [0.2, 0.25) is 0 Å². The zero-order chi connectivity index (χ0) is 9.19. The first-order valence-corrected chi connectivity index (χ1v) is 4.65. The first-order valence-electron chi connectivity index (χ1n) is 3.84. The Balaban J connectivity index is 2.71. The molecule has 1 aromatic carbocycles. The molecule has 0 nitrogen and oxygen atoms in total. The lowest BCUT2D eigenvalue weighted by molar-refractivity contribution is 0.626. The highest BCUT2D eigenvalue weighted by molar-refractivity contribution is 8.00. The number of hydrogen-bond acceptors (Lipinski definition) is 1. The van der Waals surface area contributed by atoms with E-state index in [0.29, 0.717) is 0 Å². The molecule has 65 valence electrons. The second-order valence-electron chi connectivity index (χ2n) is 3.59. The highest BCUT2D eigenvalue weighted by Crippen LogP contribution is 2.31. The first-order chi connectivity index (χ1) is 5.47. The van der Waals surface area contributed by atoms with Crippen LogP contribution < -0.4 is 0 Å². The van der Waals surface area contributed by atoms with Crippen molar-refractivity contribution in [2.24, 2.45) is 0 Å². The summed E-state index contributed by atoms with van der Waals surface area (Å²) in [7, 11) is 0. The first kappa shape index (κ1) is 9.59. The van der Waals surface area contributed by atoms with Crippen molar-refractivity contribution in [3.63, 3.8) is 0 Å². The van der Waals surface area contributed by atoms with E-state index in [1.165, 1.54) is 12.1 Å². The summed E-state index contributed by atoms with van der Waals surface area (Å²) in [6, 6.07) is 7.47. The molecule has 0 atom stereocenters. The second-order valence-corrected chi connectivity index (χ2v) is 5.45. The Hall–Kier alpha value is -0.500. The Bertz CT molecular complexity index is 246. The van der Waals surface area contributed by atoms with Crippen molar-refractivity contribution in [3.05, 3.63) is 30.1 Å². The van der Waals surface area contributed by atoms with Crippen molar-refractivity contribution >= 4 is 11.8 Å². The van der Waals surface area contributed by atoms with Crippen molar-refractivity contribution < 1.29 is 4.39 Å². The van der Waals surface area contributed by atoms with Gasteiger partial charge in [0.05, 0.1) is 0 Å². The van der Waals surface area contributed by atoms with Crippen molar-refractivity contribution in [2.45, 2.75) is 30.4 Å². The molecule has 0 aliphatic rings. The van der Waals surface area contributed by atoms with Gasteiger partial charge in [-0.3, -0.25) is 0 Å². The lowest BCUT2D eigenvalue weighted by atomic mass is 10.3. The van der Waals surface area contributed by atoms with E-state index in [2.05, 4.69) is 26.8 Å². The molecule has 0 N–H and O–H groups in total. The fraction of sp³-hybridized carbons (Fsp3) is 0.400. The van der Waals surface area contributed by atoms with Crippen LogP contribution in [0.5, 0.6) is 0 Å². The monoisotopic (exact) mass is 183 g/mol. The Morgan fingerprint density at radius 2 is 2.00 bits per heavy atom. The largest absolute Gasteiger partial charge is 0.207 e. The van der Waals surface area contributed by atoms with E-state index in [4.69, 9.17) is 0 Å². The van der Waals surface area contributed by atoms with E-state index in [-0.39, 0.29) is 10.6 Å². The molecule has 1 aromatic rings. The molecule has 2 heteroatoms. The van der Waals surface area contributed by atoms with Gasteiger partial charge in [-0.1, -0.05) is 20.8 Å². The summed E-state index contributed by atoms with van der Waals surface area (Å²) in [6.07, 6.45) is 0. The van der Waals surface area contributed by atoms with Gasteiger partial charge in [-0.05, 0) is 24.3 Å². The smallest absolute Gasteiger partial charge is 0.123 e. The maximum absolute atomic E-state index is 12.5. The Labute approximate surface area is 77.2 Å². The summed E-state index contributed by atoms with van der Waals surface area (Å²) in [5.74, 6) is -0.228. The van der Waals surface area contributed by atoms with Gasteiger partial charge in [0.1, 0.15) is 5.82 Å². The zero-order valence-electron chi connectivity index (χ0n) is 7.52. The highest BCUT2D eigenvalue weighted by Gasteiger charge is 2.11. The van der Waals surface area contributed by atoms with Crippen LogP contribution in [0, 0.1) is 11.9 Å². The summed E-state index contributed by atoms with van der Waals surface area (Å²) < 4.78 is 12.6. The van der Waals surface area contributed by atoms with Gasteiger partial charge >= 0.3 is 0 Å². The fourth-order valence-electron chi connectivity index (χ4n) is 0.785. The van der Waals surface area contributed by atoms with Crippen LogP contribution in [0.4, 0.5) is 4.39 Å². The molecule has 0 fully saturated rings. The van der Waals surface area contributed by atoms with Crippen LogP contribution in [0.3, 0.4) is 0 Å². The van der Waals surface area contributed by atoms with E-state index in [1.54, 1.807) is 17.8 Å².